The molecular weight excluding hydrogens is 612 g/mol. The molecular formula is C31H52O13S. The molecule has 14 heteroatoms. The van der Waals surface area contributed by atoms with Gasteiger partial charge in [0.2, 0.25) is 0 Å². The third-order valence-electron chi connectivity index (χ3n) is 12.5. The summed E-state index contributed by atoms with van der Waals surface area (Å²) in [7, 11) is -4.74. The van der Waals surface area contributed by atoms with Gasteiger partial charge < -0.3 is 45.2 Å². The number of allylic oxidation sites excluding steroid dienone is 1. The number of aliphatic hydroxyl groups excluding tert-OH is 6. The number of hydrogen-bond donors (Lipinski definition) is 8. The van der Waals surface area contributed by atoms with Crippen molar-refractivity contribution in [2.45, 2.75) is 121 Å². The minimum atomic E-state index is -4.74. The summed E-state index contributed by atoms with van der Waals surface area (Å²) in [5, 5.41) is 77.5. The van der Waals surface area contributed by atoms with Crippen LogP contribution in [0, 0.1) is 46.3 Å². The third kappa shape index (κ3) is 6.17. The third-order valence-corrected chi connectivity index (χ3v) is 12.9. The fraction of sp³-hybridized carbons (Fsp3) is 0.935. The minimum Gasteiger partial charge on any atom is -0.393 e. The van der Waals surface area contributed by atoms with E-state index >= 15 is 0 Å². The maximum absolute atomic E-state index is 12.5. The molecule has 0 aromatic heterocycles. The number of rotatable bonds is 9. The molecule has 0 aromatic rings. The summed E-state index contributed by atoms with van der Waals surface area (Å²) in [6.45, 7) is 7.50. The van der Waals surface area contributed by atoms with Crippen molar-refractivity contribution in [3.05, 3.63) is 12.2 Å². The Morgan fingerprint density at radius 3 is 2.27 bits per heavy atom. The average molecular weight is 665 g/mol. The van der Waals surface area contributed by atoms with Crippen LogP contribution in [-0.2, 0) is 24.1 Å². The Bertz CT molecular complexity index is 1200. The first-order valence-electron chi connectivity index (χ1n) is 16.2. The molecule has 0 radical (unpaired) electrons. The van der Waals surface area contributed by atoms with Crippen molar-refractivity contribution in [3.63, 3.8) is 0 Å². The SMILES string of the molecule is CC(/C=C/[C@@H](C)[C@H]1C[C@@H](O)[C@@H]2[C@]1(C)CC[C@@H]1[C@@]3(C)CC[C@H](O)C[C@@H]3[C@@H](O)[C@@H](O)[C@]12O)CO[C@@H]1O[C@@H](COS(=O)(=O)O)[C@H](O)[C@H]1O. The Morgan fingerprint density at radius 1 is 0.933 bits per heavy atom. The Kier molecular flexibility index (Phi) is 9.96. The first-order chi connectivity index (χ1) is 20.8. The second-order valence-corrected chi connectivity index (χ2v) is 16.2. The lowest BCUT2D eigenvalue weighted by Crippen LogP contribution is -2.75. The van der Waals surface area contributed by atoms with E-state index in [0.29, 0.717) is 32.1 Å². The summed E-state index contributed by atoms with van der Waals surface area (Å²) >= 11 is 0. The molecule has 0 bridgehead atoms. The van der Waals surface area contributed by atoms with Gasteiger partial charge in [-0.05, 0) is 78.9 Å². The molecule has 1 unspecified atom stereocenters. The monoisotopic (exact) mass is 664 g/mol. The van der Waals surface area contributed by atoms with Gasteiger partial charge in [0.25, 0.3) is 0 Å². The van der Waals surface area contributed by atoms with E-state index in [0.717, 1.165) is 6.42 Å². The van der Waals surface area contributed by atoms with E-state index < -0.39 is 88.4 Å². The summed E-state index contributed by atoms with van der Waals surface area (Å²) in [6, 6.07) is 0. The van der Waals surface area contributed by atoms with Crippen molar-refractivity contribution in [2.75, 3.05) is 13.2 Å². The maximum Gasteiger partial charge on any atom is 0.397 e. The van der Waals surface area contributed by atoms with E-state index in [-0.39, 0.29) is 36.2 Å². The summed E-state index contributed by atoms with van der Waals surface area (Å²) in [4.78, 5) is 0. The summed E-state index contributed by atoms with van der Waals surface area (Å²) in [5.41, 5.74) is -2.65. The van der Waals surface area contributed by atoms with Crippen LogP contribution < -0.4 is 0 Å². The minimum absolute atomic E-state index is 0.0198. The summed E-state index contributed by atoms with van der Waals surface area (Å²) in [5.74, 6) is -1.48. The van der Waals surface area contributed by atoms with E-state index in [1.165, 1.54) is 0 Å². The van der Waals surface area contributed by atoms with Gasteiger partial charge in [-0.25, -0.2) is 4.18 Å². The average Bonchev–Trinajstić information content (AvgIpc) is 3.40. The van der Waals surface area contributed by atoms with Crippen molar-refractivity contribution >= 4 is 10.4 Å². The molecule has 0 aromatic carbocycles. The quantitative estimate of drug-likeness (QED) is 0.122. The van der Waals surface area contributed by atoms with Crippen molar-refractivity contribution < 1.29 is 62.4 Å². The molecule has 260 valence electrons. The molecule has 0 spiro atoms. The smallest absolute Gasteiger partial charge is 0.393 e. The lowest BCUT2D eigenvalue weighted by atomic mass is 9.41. The standard InChI is InChI=1S/C31H52O13S/c1-15(13-42-28-25(36)24(35)21(44-28)14-43-45(39,40)41)5-6-16(2)18-12-20(33)26-30(18,4)10-8-22-29(3)9-7-17(32)11-19(29)23(34)27(37)31(22,26)38/h5-6,15-28,32-38H,7-14H2,1-4H3,(H,39,40,41)/b6-5+/t15?,16-,17+,18-,19-,20-,21+,22-,23-,24+,25-,26-,27-,28-,29+,30-,31+/m1/s1. The van der Waals surface area contributed by atoms with E-state index in [4.69, 9.17) is 14.0 Å². The highest BCUT2D eigenvalue weighted by molar-refractivity contribution is 7.80. The van der Waals surface area contributed by atoms with Crippen LogP contribution >= 0.6 is 0 Å². The van der Waals surface area contributed by atoms with Crippen molar-refractivity contribution in [1.82, 2.24) is 0 Å². The maximum atomic E-state index is 12.5. The predicted molar refractivity (Wildman–Crippen MR) is 158 cm³/mol. The molecule has 0 amide bonds. The first-order valence-corrected chi connectivity index (χ1v) is 17.6. The molecule has 5 rings (SSSR count). The number of hydrogen-bond acceptors (Lipinski definition) is 12. The topological polar surface area (TPSA) is 224 Å². The van der Waals surface area contributed by atoms with E-state index in [2.05, 4.69) is 25.0 Å². The molecule has 13 nitrogen and oxygen atoms in total. The molecule has 8 N–H and O–H groups in total. The molecule has 1 saturated heterocycles. The van der Waals surface area contributed by atoms with Gasteiger partial charge in [-0.3, -0.25) is 4.55 Å². The van der Waals surface area contributed by atoms with Gasteiger partial charge in [0.15, 0.2) is 6.29 Å². The van der Waals surface area contributed by atoms with Gasteiger partial charge in [-0.1, -0.05) is 39.8 Å². The lowest BCUT2D eigenvalue weighted by molar-refractivity contribution is -0.309. The Hall–Kier alpha value is -0.750. The van der Waals surface area contributed by atoms with Crippen LogP contribution in [0.3, 0.4) is 0 Å². The molecule has 5 fully saturated rings. The second kappa shape index (κ2) is 12.6. The van der Waals surface area contributed by atoms with Gasteiger partial charge in [-0.15, -0.1) is 0 Å². The molecule has 1 heterocycles. The van der Waals surface area contributed by atoms with Gasteiger partial charge in [0.1, 0.15) is 30.0 Å². The largest absolute Gasteiger partial charge is 0.397 e. The Morgan fingerprint density at radius 2 is 1.60 bits per heavy atom. The fourth-order valence-corrected chi connectivity index (χ4v) is 10.5. The zero-order chi connectivity index (χ0) is 33.3. The van der Waals surface area contributed by atoms with E-state index in [1.54, 1.807) is 0 Å². The number of aliphatic hydroxyl groups is 7. The van der Waals surface area contributed by atoms with Crippen LogP contribution in [0.15, 0.2) is 12.2 Å². The van der Waals surface area contributed by atoms with Crippen LogP contribution in [0.5, 0.6) is 0 Å². The van der Waals surface area contributed by atoms with Crippen LogP contribution in [0.25, 0.3) is 0 Å². The Labute approximate surface area is 265 Å². The molecule has 45 heavy (non-hydrogen) atoms. The van der Waals surface area contributed by atoms with Crippen molar-refractivity contribution in [3.8, 4) is 0 Å². The zero-order valence-electron chi connectivity index (χ0n) is 26.4. The van der Waals surface area contributed by atoms with Crippen LogP contribution in [-0.4, -0.2) is 117 Å². The van der Waals surface area contributed by atoms with Gasteiger partial charge >= 0.3 is 10.4 Å². The summed E-state index contributed by atoms with van der Waals surface area (Å²) < 4.78 is 45.7. The normalized spacial score (nSPS) is 51.5. The summed E-state index contributed by atoms with van der Waals surface area (Å²) in [6.07, 6.45) is -2.01. The van der Waals surface area contributed by atoms with Crippen molar-refractivity contribution in [1.29, 1.82) is 0 Å². The second-order valence-electron chi connectivity index (χ2n) is 15.1. The zero-order valence-corrected chi connectivity index (χ0v) is 27.2. The van der Waals surface area contributed by atoms with Crippen LogP contribution in [0.1, 0.15) is 66.2 Å². The highest BCUT2D eigenvalue weighted by Gasteiger charge is 2.73. The lowest BCUT2D eigenvalue weighted by Gasteiger charge is -2.67. The molecule has 5 aliphatic rings. The first kappa shape index (κ1) is 35.6. The predicted octanol–water partition coefficient (Wildman–Crippen LogP) is 0.145. The highest BCUT2D eigenvalue weighted by atomic mass is 32.3. The van der Waals surface area contributed by atoms with E-state index in [9.17, 15) is 44.2 Å². The molecule has 4 aliphatic carbocycles. The molecule has 1 aliphatic heterocycles. The highest BCUT2D eigenvalue weighted by Crippen LogP contribution is 2.69. The Balaban J connectivity index is 1.24. The van der Waals surface area contributed by atoms with Crippen LogP contribution in [0.4, 0.5) is 0 Å². The van der Waals surface area contributed by atoms with Crippen LogP contribution in [0.2, 0.25) is 0 Å². The fourth-order valence-electron chi connectivity index (χ4n) is 10.2. The van der Waals surface area contributed by atoms with Gasteiger partial charge in [0.05, 0.1) is 31.5 Å². The molecule has 17 atom stereocenters. The van der Waals surface area contributed by atoms with E-state index in [1.807, 2.05) is 19.1 Å². The molecule has 4 saturated carbocycles. The van der Waals surface area contributed by atoms with Gasteiger partial charge in [-0.2, -0.15) is 8.42 Å². The van der Waals surface area contributed by atoms with Gasteiger partial charge in [0, 0.05) is 5.92 Å². The number of ether oxygens (including phenoxy) is 2. The number of fused-ring (bicyclic) bond motifs is 5. The van der Waals surface area contributed by atoms with Crippen molar-refractivity contribution in [2.24, 2.45) is 46.3 Å².